The number of piperidine rings is 1. The van der Waals surface area contributed by atoms with Crippen LogP contribution in [0.3, 0.4) is 0 Å². The summed E-state index contributed by atoms with van der Waals surface area (Å²) in [6, 6.07) is 7.47. The van der Waals surface area contributed by atoms with Crippen LogP contribution in [0, 0.1) is 11.2 Å². The molecule has 2 fully saturated rings. The first-order valence-electron chi connectivity index (χ1n) is 15.4. The Kier molecular flexibility index (Phi) is 8.70. The average molecular weight is 657 g/mol. The molecule has 0 spiro atoms. The molecule has 14 heteroatoms. The lowest BCUT2D eigenvalue weighted by Gasteiger charge is -2.44. The molecular weight excluding hydrogens is 620 g/mol. The minimum absolute atomic E-state index is 0.0289. The van der Waals surface area contributed by atoms with Crippen LogP contribution in [-0.2, 0) is 21.3 Å². The van der Waals surface area contributed by atoms with E-state index in [-0.39, 0.29) is 28.9 Å². The number of hydrogen-bond acceptors (Lipinski definition) is 8. The van der Waals surface area contributed by atoms with Gasteiger partial charge in [-0.3, -0.25) is 14.7 Å². The first kappa shape index (κ1) is 32.8. The van der Waals surface area contributed by atoms with E-state index in [1.54, 1.807) is 36.4 Å². The summed E-state index contributed by atoms with van der Waals surface area (Å²) in [5, 5.41) is 20.4. The molecule has 1 aliphatic carbocycles. The number of methoxy groups -OCH3 is 1. The standard InChI is InChI=1S/C33H36F4N6O4/c1-42(18-31(19-47-2)6-3-7-31)26-15-25(20-12-22(33(35,36)37)14-23(34)13-20)39-30-28(26)40-29(41-30)24-5-4-21(16-38-24)32(46)8-10-43(11-9-32)17-27(44)45/h4-5,12-16,46H,3,6-11,17-19H2,1-2H3,(H,44,45)(H,39,40,41). The second-order valence-electron chi connectivity index (χ2n) is 12.8. The third kappa shape index (κ3) is 6.81. The van der Waals surface area contributed by atoms with Crippen LogP contribution >= 0.6 is 0 Å². The molecule has 47 heavy (non-hydrogen) atoms. The first-order valence-corrected chi connectivity index (χ1v) is 15.4. The molecule has 4 aromatic rings. The Morgan fingerprint density at radius 3 is 2.43 bits per heavy atom. The number of ether oxygens (including phenoxy) is 1. The van der Waals surface area contributed by atoms with E-state index in [2.05, 4.69) is 19.9 Å². The number of H-pyrrole nitrogens is 1. The molecular formula is C33H36F4N6O4. The van der Waals surface area contributed by atoms with Crippen LogP contribution in [0.25, 0.3) is 33.9 Å². The highest BCUT2D eigenvalue weighted by atomic mass is 19.4. The average Bonchev–Trinajstić information content (AvgIpc) is 3.44. The van der Waals surface area contributed by atoms with E-state index in [4.69, 9.17) is 9.84 Å². The lowest BCUT2D eigenvalue weighted by atomic mass is 9.69. The number of fused-ring (bicyclic) bond motifs is 1. The maximum atomic E-state index is 14.4. The van der Waals surface area contributed by atoms with Crippen LogP contribution in [0.4, 0.5) is 23.2 Å². The van der Waals surface area contributed by atoms with Crippen molar-refractivity contribution < 1.29 is 37.3 Å². The molecule has 3 N–H and O–H groups in total. The van der Waals surface area contributed by atoms with Gasteiger partial charge in [-0.2, -0.15) is 13.2 Å². The number of carboxylic acid groups (broad SMARTS) is 1. The fourth-order valence-electron chi connectivity index (χ4n) is 6.73. The Labute approximate surface area is 268 Å². The van der Waals surface area contributed by atoms with Crippen molar-refractivity contribution in [3.8, 4) is 22.8 Å². The highest BCUT2D eigenvalue weighted by Gasteiger charge is 2.39. The van der Waals surface area contributed by atoms with Crippen molar-refractivity contribution >= 4 is 22.8 Å². The quantitative estimate of drug-likeness (QED) is 0.191. The van der Waals surface area contributed by atoms with Gasteiger partial charge >= 0.3 is 12.1 Å². The molecule has 1 aromatic carbocycles. The van der Waals surface area contributed by atoms with Gasteiger partial charge in [-0.1, -0.05) is 12.5 Å². The zero-order valence-electron chi connectivity index (χ0n) is 26.1. The van der Waals surface area contributed by atoms with E-state index in [0.717, 1.165) is 31.4 Å². The molecule has 0 atom stereocenters. The Hall–Kier alpha value is -4.14. The van der Waals surface area contributed by atoms with Crippen LogP contribution in [0.15, 0.2) is 42.6 Å². The van der Waals surface area contributed by atoms with Gasteiger partial charge in [0.25, 0.3) is 0 Å². The van der Waals surface area contributed by atoms with Gasteiger partial charge < -0.3 is 24.8 Å². The van der Waals surface area contributed by atoms with E-state index in [1.807, 2.05) is 11.9 Å². The number of aliphatic carboxylic acids is 1. The van der Waals surface area contributed by atoms with Crippen molar-refractivity contribution in [3.63, 3.8) is 0 Å². The number of anilines is 1. The number of alkyl halides is 3. The van der Waals surface area contributed by atoms with Crippen LogP contribution in [-0.4, -0.2) is 88.0 Å². The number of imidazole rings is 1. The van der Waals surface area contributed by atoms with Crippen molar-refractivity contribution in [2.75, 3.05) is 51.8 Å². The third-order valence-corrected chi connectivity index (χ3v) is 9.40. The van der Waals surface area contributed by atoms with Gasteiger partial charge in [0.2, 0.25) is 0 Å². The van der Waals surface area contributed by atoms with Gasteiger partial charge in [0.1, 0.15) is 17.0 Å². The number of nitrogens with zero attached hydrogens (tertiary/aromatic N) is 5. The van der Waals surface area contributed by atoms with Gasteiger partial charge in [-0.25, -0.2) is 14.4 Å². The van der Waals surface area contributed by atoms with E-state index in [1.165, 1.54) is 0 Å². The highest BCUT2D eigenvalue weighted by molar-refractivity contribution is 5.91. The van der Waals surface area contributed by atoms with Crippen molar-refractivity contribution in [2.24, 2.45) is 5.41 Å². The molecule has 0 unspecified atom stereocenters. The summed E-state index contributed by atoms with van der Waals surface area (Å²) >= 11 is 0. The summed E-state index contributed by atoms with van der Waals surface area (Å²) in [7, 11) is 3.54. The summed E-state index contributed by atoms with van der Waals surface area (Å²) in [5.74, 6) is -1.58. The number of pyridine rings is 2. The van der Waals surface area contributed by atoms with Crippen molar-refractivity contribution in [2.45, 2.75) is 43.9 Å². The smallest absolute Gasteiger partial charge is 0.416 e. The fourth-order valence-corrected chi connectivity index (χ4v) is 6.73. The van der Waals surface area contributed by atoms with E-state index in [9.17, 15) is 27.5 Å². The topological polar surface area (TPSA) is 128 Å². The monoisotopic (exact) mass is 656 g/mol. The molecule has 0 amide bonds. The molecule has 1 saturated carbocycles. The summed E-state index contributed by atoms with van der Waals surface area (Å²) in [5.41, 5.74) is 0.213. The number of halogens is 4. The lowest BCUT2D eigenvalue weighted by Crippen LogP contribution is -2.44. The van der Waals surface area contributed by atoms with E-state index in [0.29, 0.717) is 73.4 Å². The molecule has 1 aliphatic heterocycles. The minimum Gasteiger partial charge on any atom is -0.480 e. The highest BCUT2D eigenvalue weighted by Crippen LogP contribution is 2.43. The molecule has 3 aromatic heterocycles. The second kappa shape index (κ2) is 12.5. The molecule has 2 aliphatic rings. The van der Waals surface area contributed by atoms with E-state index >= 15 is 0 Å². The maximum absolute atomic E-state index is 14.4. The number of carbonyl (C=O) groups is 1. The number of aromatic nitrogens is 4. The van der Waals surface area contributed by atoms with Gasteiger partial charge in [0, 0.05) is 56.5 Å². The fraction of sp³-hybridized carbons (Fsp3) is 0.455. The van der Waals surface area contributed by atoms with Crippen molar-refractivity contribution in [1.82, 2.24) is 24.8 Å². The number of aromatic amines is 1. The lowest BCUT2D eigenvalue weighted by molar-refractivity contribution is -0.140. The SMILES string of the molecule is COCC1(CN(C)c2cc(-c3cc(F)cc(C(F)(F)F)c3)nc3nc(-c4ccc(C5(O)CCN(CC(=O)O)CC5)cn4)[nH]c23)CCC1. The van der Waals surface area contributed by atoms with Gasteiger partial charge in [-0.15, -0.1) is 0 Å². The maximum Gasteiger partial charge on any atom is 0.416 e. The molecule has 4 heterocycles. The zero-order valence-corrected chi connectivity index (χ0v) is 26.1. The molecule has 250 valence electrons. The van der Waals surface area contributed by atoms with Gasteiger partial charge in [-0.05, 0) is 56.0 Å². The Morgan fingerprint density at radius 2 is 1.83 bits per heavy atom. The van der Waals surface area contributed by atoms with E-state index < -0.39 is 29.1 Å². The van der Waals surface area contributed by atoms with Crippen molar-refractivity contribution in [1.29, 1.82) is 0 Å². The Bertz CT molecular complexity index is 1770. The second-order valence-corrected chi connectivity index (χ2v) is 12.8. The van der Waals surface area contributed by atoms with Crippen LogP contribution in [0.5, 0.6) is 0 Å². The normalized spacial score (nSPS) is 17.9. The number of aliphatic hydroxyl groups is 1. The summed E-state index contributed by atoms with van der Waals surface area (Å²) in [6.07, 6.45) is 0.557. The predicted molar refractivity (Wildman–Crippen MR) is 166 cm³/mol. The minimum atomic E-state index is -4.74. The largest absolute Gasteiger partial charge is 0.480 e. The first-order chi connectivity index (χ1) is 22.3. The van der Waals surface area contributed by atoms with Crippen LogP contribution < -0.4 is 4.90 Å². The number of rotatable bonds is 10. The van der Waals surface area contributed by atoms with Crippen molar-refractivity contribution in [3.05, 3.63) is 59.5 Å². The number of nitrogens with one attached hydrogen (secondary N) is 1. The molecule has 0 radical (unpaired) electrons. The molecule has 6 rings (SSSR count). The summed E-state index contributed by atoms with van der Waals surface area (Å²) in [4.78, 5) is 31.9. The number of likely N-dealkylation sites (tertiary alicyclic amines) is 1. The van der Waals surface area contributed by atoms with Crippen LogP contribution in [0.1, 0.15) is 43.2 Å². The van der Waals surface area contributed by atoms with Crippen LogP contribution in [0.2, 0.25) is 0 Å². The summed E-state index contributed by atoms with van der Waals surface area (Å²) in [6.45, 7) is 1.95. The number of benzene rings is 1. The zero-order chi connectivity index (χ0) is 33.6. The Morgan fingerprint density at radius 1 is 1.09 bits per heavy atom. The van der Waals surface area contributed by atoms with Gasteiger partial charge in [0.05, 0.1) is 35.7 Å². The van der Waals surface area contributed by atoms with Gasteiger partial charge in [0.15, 0.2) is 11.5 Å². The third-order valence-electron chi connectivity index (χ3n) is 9.40. The molecule has 10 nitrogen and oxygen atoms in total. The summed E-state index contributed by atoms with van der Waals surface area (Å²) < 4.78 is 60.7. The number of carboxylic acids is 1. The Balaban J connectivity index is 1.36. The molecule has 0 bridgehead atoms. The predicted octanol–water partition coefficient (Wildman–Crippen LogP) is 5.47. The number of hydrogen-bond donors (Lipinski definition) is 3. The molecule has 1 saturated heterocycles.